The van der Waals surface area contributed by atoms with Crippen LogP contribution in [-0.4, -0.2) is 46.4 Å². The molecule has 2 heterocycles. The van der Waals surface area contributed by atoms with Crippen molar-refractivity contribution in [2.45, 2.75) is 30.4 Å². The molecule has 6 nitrogen and oxygen atoms in total. The van der Waals surface area contributed by atoms with Crippen LogP contribution in [0.4, 0.5) is 5.69 Å². The summed E-state index contributed by atoms with van der Waals surface area (Å²) in [5.74, 6) is -0.134. The van der Waals surface area contributed by atoms with Gasteiger partial charge < -0.3 is 15.0 Å². The van der Waals surface area contributed by atoms with Gasteiger partial charge in [-0.1, -0.05) is 12.1 Å². The summed E-state index contributed by atoms with van der Waals surface area (Å²) in [6.07, 6.45) is 3.46. The first-order valence-electron chi connectivity index (χ1n) is 8.98. The Morgan fingerprint density at radius 3 is 2.85 bits per heavy atom. The van der Waals surface area contributed by atoms with Crippen LogP contribution in [0.5, 0.6) is 0 Å². The number of amides is 1. The normalized spacial score (nSPS) is 18.3. The number of nitrogens with one attached hydrogen (secondary N) is 2. The maximum Gasteiger partial charge on any atom is 0.279 e. The van der Waals surface area contributed by atoms with Crippen molar-refractivity contribution < 1.29 is 22.8 Å². The molecule has 0 aliphatic carbocycles. The lowest BCUT2D eigenvalue weighted by molar-refractivity contribution is -0.908. The summed E-state index contributed by atoms with van der Waals surface area (Å²) >= 11 is 1.68. The predicted octanol–water partition coefficient (Wildman–Crippen LogP) is 1.35. The van der Waals surface area contributed by atoms with Crippen molar-refractivity contribution in [2.24, 2.45) is 0 Å². The number of quaternary nitrogens is 1. The van der Waals surface area contributed by atoms with E-state index in [4.69, 9.17) is 4.74 Å². The third-order valence-electron chi connectivity index (χ3n) is 4.50. The summed E-state index contributed by atoms with van der Waals surface area (Å²) in [5.41, 5.74) is 0.496. The first kappa shape index (κ1) is 20.0. The van der Waals surface area contributed by atoms with E-state index in [1.807, 2.05) is 11.4 Å². The Bertz CT molecular complexity index is 860. The van der Waals surface area contributed by atoms with E-state index >= 15 is 0 Å². The minimum Gasteiger partial charge on any atom is -0.372 e. The molecule has 1 aromatic heterocycles. The smallest absolute Gasteiger partial charge is 0.279 e. The van der Waals surface area contributed by atoms with Crippen LogP contribution in [-0.2, 0) is 25.9 Å². The molecule has 1 amide bonds. The standard InChI is InChI=1S/C19H24N2O4S2/c1-27(23,24)18-8-2-5-15(11-18)20-19(22)14-21(12-16-6-3-9-25-16)13-17-7-4-10-26-17/h2,4-5,7-8,10-11,16H,3,6,9,12-14H2,1H3,(H,20,22)/p+1/t16-/m0/s1. The number of sulfone groups is 1. The fourth-order valence-electron chi connectivity index (χ4n) is 3.23. The Morgan fingerprint density at radius 1 is 1.33 bits per heavy atom. The average molecular weight is 410 g/mol. The molecule has 0 bridgehead atoms. The van der Waals surface area contributed by atoms with Gasteiger partial charge in [0.2, 0.25) is 0 Å². The SMILES string of the molecule is CS(=O)(=O)c1cccc(NC(=O)C[NH+](Cc2cccs2)C[C@@H]2CCCO2)c1. The molecule has 3 rings (SSSR count). The van der Waals surface area contributed by atoms with Crippen LogP contribution in [0.1, 0.15) is 17.7 Å². The number of thiophene rings is 1. The van der Waals surface area contributed by atoms with Crippen molar-refractivity contribution in [3.05, 3.63) is 46.7 Å². The van der Waals surface area contributed by atoms with Crippen LogP contribution in [0.25, 0.3) is 0 Å². The number of hydrogen-bond donors (Lipinski definition) is 2. The third-order valence-corrected chi connectivity index (χ3v) is 6.49. The number of hydrogen-bond acceptors (Lipinski definition) is 5. The van der Waals surface area contributed by atoms with Crippen LogP contribution in [0, 0.1) is 0 Å². The molecule has 2 aromatic rings. The Morgan fingerprint density at radius 2 is 2.19 bits per heavy atom. The van der Waals surface area contributed by atoms with Gasteiger partial charge in [0.15, 0.2) is 16.4 Å². The zero-order valence-electron chi connectivity index (χ0n) is 15.3. The molecule has 2 N–H and O–H groups in total. The van der Waals surface area contributed by atoms with Gasteiger partial charge in [-0.3, -0.25) is 4.79 Å². The lowest BCUT2D eigenvalue weighted by Crippen LogP contribution is -3.12. The first-order chi connectivity index (χ1) is 12.9. The van der Waals surface area contributed by atoms with Crippen LogP contribution in [0.3, 0.4) is 0 Å². The van der Waals surface area contributed by atoms with Crippen molar-refractivity contribution >= 4 is 32.8 Å². The number of rotatable bonds is 8. The van der Waals surface area contributed by atoms with E-state index in [1.54, 1.807) is 23.5 Å². The molecule has 146 valence electrons. The van der Waals surface area contributed by atoms with Gasteiger partial charge in [0, 0.05) is 18.6 Å². The second-order valence-electron chi connectivity index (χ2n) is 6.87. The molecule has 27 heavy (non-hydrogen) atoms. The number of anilines is 1. The van der Waals surface area contributed by atoms with E-state index in [-0.39, 0.29) is 16.9 Å². The molecular weight excluding hydrogens is 384 g/mol. The summed E-state index contributed by atoms with van der Waals surface area (Å²) in [6.45, 7) is 2.66. The molecule has 1 saturated heterocycles. The Kier molecular flexibility index (Phi) is 6.64. The van der Waals surface area contributed by atoms with Gasteiger partial charge in [0.25, 0.3) is 5.91 Å². The third kappa shape index (κ3) is 6.14. The van der Waals surface area contributed by atoms with Gasteiger partial charge in [-0.25, -0.2) is 8.42 Å². The highest BCUT2D eigenvalue weighted by Crippen LogP contribution is 2.15. The lowest BCUT2D eigenvalue weighted by atomic mass is 10.2. The van der Waals surface area contributed by atoms with Gasteiger partial charge in [-0.15, -0.1) is 11.3 Å². The summed E-state index contributed by atoms with van der Waals surface area (Å²) in [7, 11) is -3.31. The Labute approximate surface area is 164 Å². The number of benzene rings is 1. The topological polar surface area (TPSA) is 76.9 Å². The molecular formula is C19H25N2O4S2+. The molecule has 1 aliphatic rings. The predicted molar refractivity (Wildman–Crippen MR) is 106 cm³/mol. The van der Waals surface area contributed by atoms with Gasteiger partial charge in [-0.05, 0) is 42.5 Å². The van der Waals surface area contributed by atoms with Gasteiger partial charge in [0.1, 0.15) is 19.2 Å². The zero-order chi connectivity index (χ0) is 19.3. The van der Waals surface area contributed by atoms with Crippen molar-refractivity contribution in [3.63, 3.8) is 0 Å². The Balaban J connectivity index is 1.64. The fraction of sp³-hybridized carbons (Fsp3) is 0.421. The van der Waals surface area contributed by atoms with E-state index < -0.39 is 9.84 Å². The second-order valence-corrected chi connectivity index (χ2v) is 9.92. The summed E-state index contributed by atoms with van der Waals surface area (Å²) in [6, 6.07) is 10.4. The van der Waals surface area contributed by atoms with Crippen molar-refractivity contribution in [1.82, 2.24) is 0 Å². The van der Waals surface area contributed by atoms with Crippen LogP contribution in [0.15, 0.2) is 46.7 Å². The van der Waals surface area contributed by atoms with Gasteiger partial charge >= 0.3 is 0 Å². The summed E-state index contributed by atoms with van der Waals surface area (Å²) in [5, 5.41) is 4.87. The first-order valence-corrected chi connectivity index (χ1v) is 11.7. The molecule has 0 radical (unpaired) electrons. The second kappa shape index (κ2) is 8.97. The summed E-state index contributed by atoms with van der Waals surface area (Å²) < 4.78 is 29.1. The van der Waals surface area contributed by atoms with E-state index in [9.17, 15) is 13.2 Å². The average Bonchev–Trinajstić information content (AvgIpc) is 3.28. The van der Waals surface area contributed by atoms with E-state index in [0.29, 0.717) is 12.2 Å². The van der Waals surface area contributed by atoms with E-state index in [1.165, 1.54) is 17.0 Å². The van der Waals surface area contributed by atoms with Crippen LogP contribution < -0.4 is 10.2 Å². The van der Waals surface area contributed by atoms with E-state index in [0.717, 1.165) is 43.7 Å². The van der Waals surface area contributed by atoms with Crippen molar-refractivity contribution in [1.29, 1.82) is 0 Å². The van der Waals surface area contributed by atoms with Crippen molar-refractivity contribution in [3.8, 4) is 0 Å². The van der Waals surface area contributed by atoms with E-state index in [2.05, 4.69) is 11.4 Å². The highest BCUT2D eigenvalue weighted by atomic mass is 32.2. The van der Waals surface area contributed by atoms with Gasteiger partial charge in [-0.2, -0.15) is 0 Å². The molecule has 8 heteroatoms. The van der Waals surface area contributed by atoms with Gasteiger partial charge in [0.05, 0.1) is 9.77 Å². The molecule has 0 spiro atoms. The lowest BCUT2D eigenvalue weighted by Gasteiger charge is -2.21. The molecule has 1 aromatic carbocycles. The molecule has 1 fully saturated rings. The summed E-state index contributed by atoms with van der Waals surface area (Å²) in [4.78, 5) is 15.1. The maximum atomic E-state index is 12.6. The van der Waals surface area contributed by atoms with Crippen LogP contribution >= 0.6 is 11.3 Å². The molecule has 1 unspecified atom stereocenters. The minimum atomic E-state index is -3.31. The van der Waals surface area contributed by atoms with Crippen LogP contribution in [0.2, 0.25) is 0 Å². The largest absolute Gasteiger partial charge is 0.372 e. The highest BCUT2D eigenvalue weighted by Gasteiger charge is 2.24. The quantitative estimate of drug-likeness (QED) is 0.690. The van der Waals surface area contributed by atoms with Crippen molar-refractivity contribution in [2.75, 3.05) is 31.3 Å². The Hall–Kier alpha value is -1.74. The molecule has 1 aliphatic heterocycles. The number of ether oxygens (including phenoxy) is 1. The fourth-order valence-corrected chi connectivity index (χ4v) is 4.67. The maximum absolute atomic E-state index is 12.6. The number of carbonyl (C=O) groups excluding carboxylic acids is 1. The zero-order valence-corrected chi connectivity index (χ0v) is 16.9. The highest BCUT2D eigenvalue weighted by molar-refractivity contribution is 7.90. The number of carbonyl (C=O) groups is 1. The molecule has 0 saturated carbocycles. The minimum absolute atomic E-state index is 0.134. The monoisotopic (exact) mass is 409 g/mol. The molecule has 2 atom stereocenters.